The first-order valence-electron chi connectivity index (χ1n) is 14.8. The number of ether oxygens (including phenoxy) is 1. The highest BCUT2D eigenvalue weighted by molar-refractivity contribution is 7.88. The molecule has 1 aromatic heterocycles. The van der Waals surface area contributed by atoms with Gasteiger partial charge < -0.3 is 20.3 Å². The molecular formula is C29H42N6O7S. The molecule has 43 heavy (non-hydrogen) atoms. The number of hydrogen-bond acceptors (Lipinski definition) is 8. The predicted molar refractivity (Wildman–Crippen MR) is 157 cm³/mol. The number of carbonyl (C=O) groups excluding carboxylic acids is 4. The molecule has 1 aliphatic carbocycles. The molecule has 4 N–H and O–H groups in total. The largest absolute Gasteiger partial charge is 0.444 e. The summed E-state index contributed by atoms with van der Waals surface area (Å²) >= 11 is 0. The Labute approximate surface area is 252 Å². The zero-order valence-electron chi connectivity index (χ0n) is 24.9. The lowest BCUT2D eigenvalue weighted by Crippen LogP contribution is -2.59. The van der Waals surface area contributed by atoms with Gasteiger partial charge in [0.25, 0.3) is 5.91 Å². The van der Waals surface area contributed by atoms with Crippen molar-refractivity contribution in [3.05, 3.63) is 42.2 Å². The Kier molecular flexibility index (Phi) is 10.1. The molecule has 0 radical (unpaired) electrons. The van der Waals surface area contributed by atoms with E-state index >= 15 is 0 Å². The van der Waals surface area contributed by atoms with Crippen molar-refractivity contribution in [3.63, 3.8) is 0 Å². The summed E-state index contributed by atoms with van der Waals surface area (Å²) in [7, 11) is -4.24. The van der Waals surface area contributed by atoms with Crippen molar-refractivity contribution in [3.8, 4) is 0 Å². The van der Waals surface area contributed by atoms with Crippen LogP contribution >= 0.6 is 0 Å². The van der Waals surface area contributed by atoms with Crippen LogP contribution in [-0.2, 0) is 35.9 Å². The number of alkyl carbamates (subject to hydrolysis) is 1. The van der Waals surface area contributed by atoms with Gasteiger partial charge in [-0.05, 0) is 77.0 Å². The molecule has 1 saturated carbocycles. The van der Waals surface area contributed by atoms with E-state index in [1.165, 1.54) is 17.3 Å². The summed E-state index contributed by atoms with van der Waals surface area (Å²) in [6.07, 6.45) is 10.7. The van der Waals surface area contributed by atoms with Crippen molar-refractivity contribution >= 4 is 34.0 Å². The second-order valence-electron chi connectivity index (χ2n) is 12.3. The van der Waals surface area contributed by atoms with E-state index in [9.17, 15) is 27.6 Å². The van der Waals surface area contributed by atoms with Gasteiger partial charge in [0.15, 0.2) is 0 Å². The van der Waals surface area contributed by atoms with Crippen molar-refractivity contribution in [2.24, 2.45) is 5.92 Å². The minimum atomic E-state index is -4.24. The molecule has 0 unspecified atom stereocenters. The highest BCUT2D eigenvalue weighted by Gasteiger charge is 2.61. The van der Waals surface area contributed by atoms with Gasteiger partial charge in [-0.15, -0.1) is 0 Å². The standard InChI is InChI=1S/C29H42N6O7S/c1-28(2,3)42-27(39)32-22-11-8-6-4-5-7-10-21-18-29(21,33-24(36)23-12-9-17-35(23)25(22)37)26(38)34-43(40,41)31-19-20-13-15-30-16-14-20/h7,10,13-16,21-23,31H,4-6,8-9,11-12,17-19H2,1-3H3,(H,32,39)(H,33,36)(H,34,38)/b10-7-/t21-,22-,23-,29+/m0/s1. The fourth-order valence-corrected chi connectivity index (χ4v) is 6.33. The van der Waals surface area contributed by atoms with Crippen LogP contribution in [0.5, 0.6) is 0 Å². The molecule has 4 amide bonds. The van der Waals surface area contributed by atoms with E-state index in [2.05, 4.69) is 25.1 Å². The molecule has 3 heterocycles. The van der Waals surface area contributed by atoms with Crippen LogP contribution in [0.15, 0.2) is 36.7 Å². The number of carbonyl (C=O) groups is 4. The summed E-state index contributed by atoms with van der Waals surface area (Å²) in [5, 5.41) is 5.50. The third-order valence-corrected chi connectivity index (χ3v) is 8.75. The topological polar surface area (TPSA) is 176 Å². The quantitative estimate of drug-likeness (QED) is 0.349. The summed E-state index contributed by atoms with van der Waals surface area (Å²) in [5.74, 6) is -2.17. The number of nitrogens with one attached hydrogen (secondary N) is 4. The van der Waals surface area contributed by atoms with E-state index < -0.39 is 57.3 Å². The maximum atomic E-state index is 13.7. The van der Waals surface area contributed by atoms with Gasteiger partial charge in [0.05, 0.1) is 0 Å². The van der Waals surface area contributed by atoms with E-state index in [0.717, 1.165) is 12.8 Å². The second-order valence-corrected chi connectivity index (χ2v) is 13.8. The zero-order chi connectivity index (χ0) is 31.3. The van der Waals surface area contributed by atoms with Crippen LogP contribution in [0.3, 0.4) is 0 Å². The molecule has 14 heteroatoms. The molecule has 2 fully saturated rings. The Hall–Kier alpha value is -3.52. The van der Waals surface area contributed by atoms with Crippen molar-refractivity contribution in [2.75, 3.05) is 6.54 Å². The van der Waals surface area contributed by atoms with E-state index in [1.54, 1.807) is 32.9 Å². The summed E-state index contributed by atoms with van der Waals surface area (Å²) in [4.78, 5) is 58.7. The zero-order valence-corrected chi connectivity index (χ0v) is 25.7. The number of nitrogens with zero attached hydrogens (tertiary/aromatic N) is 2. The maximum absolute atomic E-state index is 13.7. The SMILES string of the molecule is CC(C)(C)OC(=O)N[C@H]1CCCCC/C=C\[C@H]2C[C@@]2(C(=O)NS(=O)(=O)NCc2ccncc2)NC(=O)[C@@H]2CCCN2C1=O. The third-order valence-electron chi connectivity index (χ3n) is 7.77. The molecule has 13 nitrogen and oxygen atoms in total. The first kappa shape index (κ1) is 32.4. The molecular weight excluding hydrogens is 576 g/mol. The highest BCUT2D eigenvalue weighted by atomic mass is 32.2. The van der Waals surface area contributed by atoms with Gasteiger partial charge in [0.2, 0.25) is 11.8 Å². The molecule has 4 atom stereocenters. The average Bonchev–Trinajstić information content (AvgIpc) is 3.39. The number of aromatic nitrogens is 1. The fraction of sp³-hybridized carbons (Fsp3) is 0.621. The summed E-state index contributed by atoms with van der Waals surface area (Å²) < 4.78 is 35.3. The fourth-order valence-electron chi connectivity index (χ4n) is 5.47. The minimum Gasteiger partial charge on any atom is -0.444 e. The number of fused-ring (bicyclic) bond motifs is 2. The monoisotopic (exact) mass is 618 g/mol. The van der Waals surface area contributed by atoms with Crippen LogP contribution in [0.25, 0.3) is 0 Å². The average molecular weight is 619 g/mol. The van der Waals surface area contributed by atoms with Crippen LogP contribution in [0, 0.1) is 5.92 Å². The lowest BCUT2D eigenvalue weighted by molar-refractivity contribution is -0.141. The van der Waals surface area contributed by atoms with E-state index in [0.29, 0.717) is 44.2 Å². The van der Waals surface area contributed by atoms with Gasteiger partial charge in [-0.25, -0.2) is 9.52 Å². The summed E-state index contributed by atoms with van der Waals surface area (Å²) in [6, 6.07) is 1.56. The molecule has 0 spiro atoms. The minimum absolute atomic E-state index is 0.0501. The van der Waals surface area contributed by atoms with E-state index in [-0.39, 0.29) is 18.9 Å². The van der Waals surface area contributed by atoms with Crippen molar-refractivity contribution in [2.45, 2.75) is 102 Å². The Morgan fingerprint density at radius 1 is 1.12 bits per heavy atom. The van der Waals surface area contributed by atoms with Crippen LogP contribution in [0.4, 0.5) is 4.79 Å². The molecule has 3 aliphatic rings. The molecule has 0 aromatic carbocycles. The van der Waals surface area contributed by atoms with Crippen LogP contribution in [-0.4, -0.2) is 71.9 Å². The van der Waals surface area contributed by atoms with Crippen LogP contribution < -0.4 is 20.1 Å². The van der Waals surface area contributed by atoms with Gasteiger partial charge in [-0.1, -0.05) is 25.0 Å². The lowest BCUT2D eigenvalue weighted by atomic mass is 10.0. The van der Waals surface area contributed by atoms with Crippen molar-refractivity contribution in [1.82, 2.24) is 30.0 Å². The van der Waals surface area contributed by atoms with Crippen LogP contribution in [0.1, 0.15) is 77.7 Å². The van der Waals surface area contributed by atoms with Crippen molar-refractivity contribution in [1.29, 1.82) is 0 Å². The number of rotatable bonds is 6. The lowest BCUT2D eigenvalue weighted by Gasteiger charge is -2.30. The number of amides is 4. The highest BCUT2D eigenvalue weighted by Crippen LogP contribution is 2.45. The summed E-state index contributed by atoms with van der Waals surface area (Å²) in [6.45, 7) is 5.47. The van der Waals surface area contributed by atoms with E-state index in [1.807, 2.05) is 12.2 Å². The van der Waals surface area contributed by atoms with Gasteiger partial charge in [-0.2, -0.15) is 13.1 Å². The Morgan fingerprint density at radius 2 is 1.86 bits per heavy atom. The molecule has 1 aromatic rings. The normalized spacial score (nSPS) is 27.4. The molecule has 0 bridgehead atoms. The van der Waals surface area contributed by atoms with E-state index in [4.69, 9.17) is 4.74 Å². The predicted octanol–water partition coefficient (Wildman–Crippen LogP) is 1.81. The molecule has 4 rings (SSSR count). The van der Waals surface area contributed by atoms with Crippen LogP contribution in [0.2, 0.25) is 0 Å². The first-order chi connectivity index (χ1) is 20.3. The Balaban J connectivity index is 1.50. The first-order valence-corrected chi connectivity index (χ1v) is 16.3. The Bertz CT molecular complexity index is 1330. The number of pyridine rings is 1. The molecule has 1 saturated heterocycles. The van der Waals surface area contributed by atoms with Gasteiger partial charge in [0, 0.05) is 31.4 Å². The number of allylic oxidation sites excluding steroid dienone is 1. The van der Waals surface area contributed by atoms with Crippen molar-refractivity contribution < 1.29 is 32.3 Å². The smallest absolute Gasteiger partial charge is 0.408 e. The van der Waals surface area contributed by atoms with Gasteiger partial charge in [0.1, 0.15) is 23.2 Å². The van der Waals surface area contributed by atoms with Gasteiger partial charge in [-0.3, -0.25) is 19.4 Å². The molecule has 236 valence electrons. The Morgan fingerprint density at radius 3 is 2.58 bits per heavy atom. The molecule has 2 aliphatic heterocycles. The number of hydrogen-bond donors (Lipinski definition) is 4. The summed E-state index contributed by atoms with van der Waals surface area (Å²) in [5.41, 5.74) is -1.55. The second kappa shape index (κ2) is 13.4. The maximum Gasteiger partial charge on any atom is 0.408 e. The third kappa shape index (κ3) is 8.75. The van der Waals surface area contributed by atoms with Gasteiger partial charge >= 0.3 is 16.3 Å².